The molecule has 0 saturated carbocycles. The molecule has 2 N–H and O–H groups in total. The number of carbonyl (C=O) groups is 2. The van der Waals surface area contributed by atoms with Gasteiger partial charge in [0.25, 0.3) is 11.8 Å². The van der Waals surface area contributed by atoms with Crippen molar-refractivity contribution in [3.63, 3.8) is 0 Å². The summed E-state index contributed by atoms with van der Waals surface area (Å²) in [5.74, 6) is -0.867. The maximum Gasteiger partial charge on any atom is 0.254 e. The molecule has 0 bridgehead atoms. The fourth-order valence-electron chi connectivity index (χ4n) is 1.88. The van der Waals surface area contributed by atoms with Crippen LogP contribution in [0.15, 0.2) is 28.4 Å². The Labute approximate surface area is 124 Å². The minimum atomic E-state index is -0.433. The van der Waals surface area contributed by atoms with Crippen molar-refractivity contribution in [2.45, 2.75) is 19.4 Å². The molecule has 0 atom stereocenters. The third-order valence-electron chi connectivity index (χ3n) is 2.88. The van der Waals surface area contributed by atoms with E-state index in [1.54, 1.807) is 0 Å². The van der Waals surface area contributed by atoms with E-state index in [1.165, 1.54) is 25.2 Å². The van der Waals surface area contributed by atoms with Crippen LogP contribution < -0.4 is 10.1 Å². The highest BCUT2D eigenvalue weighted by molar-refractivity contribution is 6.00. The Morgan fingerprint density at radius 1 is 1.32 bits per heavy atom. The molecule has 1 heterocycles. The minimum Gasteiger partial charge on any atom is -0.272 e. The quantitative estimate of drug-likeness (QED) is 0.362. The molecule has 0 unspecified atom stereocenters. The number of rotatable bonds is 5. The summed E-state index contributed by atoms with van der Waals surface area (Å²) in [7, 11) is 1.45. The average Bonchev–Trinajstić information content (AvgIpc) is 2.81. The van der Waals surface area contributed by atoms with Gasteiger partial charge in [-0.05, 0) is 18.2 Å². The standard InChI is InChI=1S/C12H14N5O5/c1-13-15-14-9-2-3-10(17(20)21)8(6-9)7-22-16-11(18)4-5-12(16)19/h2-3,6,20-21H,4-5,7H2,1H3/q+1. The normalized spacial score (nSPS) is 14.0. The van der Waals surface area contributed by atoms with Crippen LogP contribution >= 0.6 is 0 Å². The van der Waals surface area contributed by atoms with E-state index in [1.807, 2.05) is 0 Å². The van der Waals surface area contributed by atoms with Crippen molar-refractivity contribution in [3.05, 3.63) is 23.8 Å². The molecule has 1 fully saturated rings. The zero-order valence-corrected chi connectivity index (χ0v) is 11.7. The number of nitrogens with zero attached hydrogens (tertiary/aromatic N) is 5. The van der Waals surface area contributed by atoms with E-state index in [9.17, 15) is 20.0 Å². The molecule has 1 aliphatic heterocycles. The smallest absolute Gasteiger partial charge is 0.254 e. The molecule has 1 aromatic carbocycles. The lowest BCUT2D eigenvalue weighted by atomic mass is 10.1. The zero-order valence-electron chi connectivity index (χ0n) is 11.7. The highest BCUT2D eigenvalue weighted by Crippen LogP contribution is 2.25. The Kier molecular flexibility index (Phi) is 4.92. The molecular formula is C12H14N5O5+. The number of carbonyl (C=O) groups excluding carboxylic acids is 2. The first-order valence-corrected chi connectivity index (χ1v) is 6.32. The van der Waals surface area contributed by atoms with Gasteiger partial charge in [0.2, 0.25) is 4.91 Å². The molecule has 2 rings (SSSR count). The van der Waals surface area contributed by atoms with Crippen LogP contribution in [0.25, 0.3) is 0 Å². The predicted octanol–water partition coefficient (Wildman–Crippen LogP) is 1.08. The van der Waals surface area contributed by atoms with Gasteiger partial charge in [0, 0.05) is 18.4 Å². The highest BCUT2D eigenvalue weighted by Gasteiger charge is 2.30. The highest BCUT2D eigenvalue weighted by atomic mass is 16.8. The number of imide groups is 1. The van der Waals surface area contributed by atoms with Gasteiger partial charge in [0.05, 0.1) is 0 Å². The number of benzene rings is 1. The van der Waals surface area contributed by atoms with E-state index in [2.05, 4.69) is 15.1 Å². The summed E-state index contributed by atoms with van der Waals surface area (Å²) in [6, 6.07) is 4.32. The van der Waals surface area contributed by atoms with Crippen LogP contribution in [0.1, 0.15) is 18.4 Å². The molecule has 1 aliphatic rings. The van der Waals surface area contributed by atoms with Crippen molar-refractivity contribution in [2.24, 2.45) is 10.2 Å². The molecule has 0 spiro atoms. The third-order valence-corrected chi connectivity index (χ3v) is 2.88. The van der Waals surface area contributed by atoms with E-state index in [4.69, 9.17) is 4.84 Å². The van der Waals surface area contributed by atoms with Gasteiger partial charge >= 0.3 is 0 Å². The van der Waals surface area contributed by atoms with E-state index < -0.39 is 11.8 Å². The molecule has 10 heteroatoms. The van der Waals surface area contributed by atoms with Gasteiger partial charge in [-0.25, -0.2) is 0 Å². The summed E-state index contributed by atoms with van der Waals surface area (Å²) < 4.78 is 0. The van der Waals surface area contributed by atoms with E-state index in [-0.39, 0.29) is 30.4 Å². The molecular weight excluding hydrogens is 294 g/mol. The van der Waals surface area contributed by atoms with Gasteiger partial charge in [0.15, 0.2) is 10.8 Å². The van der Waals surface area contributed by atoms with Crippen LogP contribution in [-0.4, -0.2) is 34.3 Å². The second-order valence-corrected chi connectivity index (χ2v) is 4.35. The molecule has 1 aromatic rings. The van der Waals surface area contributed by atoms with Crippen molar-refractivity contribution < 1.29 is 24.8 Å². The molecule has 0 radical (unpaired) electrons. The van der Waals surface area contributed by atoms with Crippen molar-refractivity contribution >= 4 is 23.2 Å². The maximum absolute atomic E-state index is 11.5. The lowest BCUT2D eigenvalue weighted by Crippen LogP contribution is -2.29. The molecule has 22 heavy (non-hydrogen) atoms. The zero-order chi connectivity index (χ0) is 16.1. The van der Waals surface area contributed by atoms with Crippen LogP contribution in [0, 0.1) is 0 Å². The van der Waals surface area contributed by atoms with Crippen LogP contribution in [0.4, 0.5) is 11.4 Å². The minimum absolute atomic E-state index is 0.0199. The summed E-state index contributed by atoms with van der Waals surface area (Å²) >= 11 is 0. The summed E-state index contributed by atoms with van der Waals surface area (Å²) in [5.41, 5.74) is 0.713. The van der Waals surface area contributed by atoms with E-state index in [0.29, 0.717) is 16.3 Å². The first-order chi connectivity index (χ1) is 10.5. The van der Waals surface area contributed by atoms with Gasteiger partial charge in [0.1, 0.15) is 24.5 Å². The first kappa shape index (κ1) is 15.7. The molecule has 116 valence electrons. The summed E-state index contributed by atoms with van der Waals surface area (Å²) in [6.07, 6.45) is 0.203. The molecule has 1 saturated heterocycles. The summed E-state index contributed by atoms with van der Waals surface area (Å²) in [6.45, 7) is -0.225. The summed E-state index contributed by atoms with van der Waals surface area (Å²) in [4.78, 5) is 31.5. The number of hydrogen-bond donors (Lipinski definition) is 2. The van der Waals surface area contributed by atoms with Crippen LogP contribution in [0.3, 0.4) is 0 Å². The maximum atomic E-state index is 11.5. The SMILES string of the molecule is CN=[N+]=Nc1ccc(N(O)O)c(CON2C(=O)CCC2=O)c1. The molecule has 2 amide bonds. The van der Waals surface area contributed by atoms with Crippen molar-refractivity contribution in [2.75, 3.05) is 12.3 Å². The second-order valence-electron chi connectivity index (χ2n) is 4.35. The van der Waals surface area contributed by atoms with Gasteiger partial charge in [-0.2, -0.15) is 5.06 Å². The summed E-state index contributed by atoms with van der Waals surface area (Å²) in [5, 5.41) is 26.2. The lowest BCUT2D eigenvalue weighted by molar-refractivity contribution is -0.191. The van der Waals surface area contributed by atoms with Crippen molar-refractivity contribution in [3.8, 4) is 0 Å². The second kappa shape index (κ2) is 6.87. The van der Waals surface area contributed by atoms with Crippen LogP contribution in [0.5, 0.6) is 0 Å². The molecule has 0 aromatic heterocycles. The third kappa shape index (κ3) is 3.51. The van der Waals surface area contributed by atoms with E-state index in [0.717, 1.165) is 0 Å². The number of hydrogen-bond acceptors (Lipinski definition) is 8. The average molecular weight is 308 g/mol. The largest absolute Gasteiger partial charge is 0.272 e. The fraction of sp³-hybridized carbons (Fsp3) is 0.333. The molecule has 0 aliphatic carbocycles. The first-order valence-electron chi connectivity index (χ1n) is 6.32. The van der Waals surface area contributed by atoms with Crippen molar-refractivity contribution in [1.29, 1.82) is 0 Å². The number of amides is 2. The topological polar surface area (TPSA) is 129 Å². The van der Waals surface area contributed by atoms with Crippen LogP contribution in [-0.2, 0) is 21.0 Å². The lowest BCUT2D eigenvalue weighted by Gasteiger charge is -2.16. The predicted molar refractivity (Wildman–Crippen MR) is 70.9 cm³/mol. The Morgan fingerprint density at radius 2 is 2.00 bits per heavy atom. The number of anilines is 1. The number of hydroxylamine groups is 2. The van der Waals surface area contributed by atoms with E-state index >= 15 is 0 Å². The van der Waals surface area contributed by atoms with Crippen LogP contribution in [0.2, 0.25) is 0 Å². The van der Waals surface area contributed by atoms with Crippen molar-refractivity contribution in [1.82, 2.24) is 9.97 Å². The Bertz CT molecular complexity index is 637. The molecule has 10 nitrogen and oxygen atoms in total. The Balaban J connectivity index is 2.21. The monoisotopic (exact) mass is 308 g/mol. The Hall–Kier alpha value is -2.65. The van der Waals surface area contributed by atoms with Gasteiger partial charge in [-0.1, -0.05) is 0 Å². The van der Waals surface area contributed by atoms with Gasteiger partial charge in [-0.3, -0.25) is 24.8 Å². The van der Waals surface area contributed by atoms with Gasteiger partial charge < -0.3 is 0 Å². The fourth-order valence-corrected chi connectivity index (χ4v) is 1.88. The van der Waals surface area contributed by atoms with Gasteiger partial charge in [-0.15, -0.1) is 5.23 Å². The Morgan fingerprint density at radius 3 is 2.59 bits per heavy atom.